The number of aromatic amines is 1. The van der Waals surface area contributed by atoms with Crippen molar-refractivity contribution in [3.63, 3.8) is 0 Å². The third kappa shape index (κ3) is 3.24. The van der Waals surface area contributed by atoms with Gasteiger partial charge in [0.25, 0.3) is 0 Å². The number of hydrogen-bond acceptors (Lipinski definition) is 4. The number of benzene rings is 1. The summed E-state index contributed by atoms with van der Waals surface area (Å²) in [5.41, 5.74) is 3.13. The van der Waals surface area contributed by atoms with Crippen LogP contribution in [-0.2, 0) is 6.54 Å². The minimum atomic E-state index is 0.0124. The Balaban J connectivity index is 2.18. The van der Waals surface area contributed by atoms with Gasteiger partial charge in [0.15, 0.2) is 5.43 Å². The summed E-state index contributed by atoms with van der Waals surface area (Å²) in [6, 6.07) is 13.5. The van der Waals surface area contributed by atoms with Gasteiger partial charge in [-0.3, -0.25) is 4.79 Å². The number of anilines is 2. The van der Waals surface area contributed by atoms with E-state index in [1.807, 2.05) is 68.4 Å². The predicted octanol–water partition coefficient (Wildman–Crippen LogP) is 3.04. The summed E-state index contributed by atoms with van der Waals surface area (Å²) in [5, 5.41) is 3.92. The number of rotatable bonds is 4. The largest absolute Gasteiger partial charge is 0.341 e. The van der Waals surface area contributed by atoms with Crippen LogP contribution in [0.1, 0.15) is 11.3 Å². The molecule has 0 bridgehead atoms. The van der Waals surface area contributed by atoms with Crippen LogP contribution in [0.5, 0.6) is 0 Å². The van der Waals surface area contributed by atoms with E-state index in [1.54, 1.807) is 0 Å². The van der Waals surface area contributed by atoms with Crippen molar-refractivity contribution in [3.8, 4) is 0 Å². The number of pyridine rings is 2. The second kappa shape index (κ2) is 6.22. The maximum absolute atomic E-state index is 12.9. The number of hydrogen-bond donors (Lipinski definition) is 2. The van der Waals surface area contributed by atoms with Crippen molar-refractivity contribution in [1.82, 2.24) is 14.9 Å². The molecule has 0 saturated heterocycles. The molecule has 5 nitrogen and oxygen atoms in total. The van der Waals surface area contributed by atoms with Crippen LogP contribution in [-0.4, -0.2) is 29.0 Å². The zero-order chi connectivity index (χ0) is 16.4. The number of fused-ring (bicyclic) bond motifs is 1. The van der Waals surface area contributed by atoms with Crippen LogP contribution in [0.2, 0.25) is 0 Å². The van der Waals surface area contributed by atoms with Crippen molar-refractivity contribution in [2.45, 2.75) is 13.5 Å². The molecule has 0 spiro atoms. The van der Waals surface area contributed by atoms with Crippen LogP contribution in [0.25, 0.3) is 11.0 Å². The van der Waals surface area contributed by atoms with Gasteiger partial charge in [-0.15, -0.1) is 0 Å². The Labute approximate surface area is 135 Å². The van der Waals surface area contributed by atoms with E-state index < -0.39 is 0 Å². The van der Waals surface area contributed by atoms with Crippen LogP contribution in [0, 0.1) is 6.92 Å². The van der Waals surface area contributed by atoms with Gasteiger partial charge in [-0.1, -0.05) is 18.2 Å². The Morgan fingerprint density at radius 2 is 1.87 bits per heavy atom. The van der Waals surface area contributed by atoms with Crippen LogP contribution in [0.4, 0.5) is 11.5 Å². The second-order valence-electron chi connectivity index (χ2n) is 5.89. The SMILES string of the molecule is Cc1ccc2c(=O)c(CN(C)C)c(Nc3ccccc3)[nH]c2n1. The van der Waals surface area contributed by atoms with Crippen molar-refractivity contribution in [1.29, 1.82) is 0 Å². The lowest BCUT2D eigenvalue weighted by atomic mass is 10.1. The molecule has 0 fully saturated rings. The monoisotopic (exact) mass is 308 g/mol. The molecule has 23 heavy (non-hydrogen) atoms. The number of nitrogens with one attached hydrogen (secondary N) is 2. The van der Waals surface area contributed by atoms with Gasteiger partial charge in [0.1, 0.15) is 11.5 Å². The van der Waals surface area contributed by atoms with Gasteiger partial charge < -0.3 is 15.2 Å². The molecule has 0 saturated carbocycles. The van der Waals surface area contributed by atoms with E-state index in [1.165, 1.54) is 0 Å². The third-order valence-electron chi connectivity index (χ3n) is 3.62. The first-order valence-corrected chi connectivity index (χ1v) is 7.54. The molecular formula is C18H20N4O. The highest BCUT2D eigenvalue weighted by Gasteiger charge is 2.14. The van der Waals surface area contributed by atoms with Gasteiger partial charge in [0.05, 0.1) is 10.9 Å². The molecule has 0 atom stereocenters. The van der Waals surface area contributed by atoms with Gasteiger partial charge in [0.2, 0.25) is 0 Å². The molecule has 3 rings (SSSR count). The lowest BCUT2D eigenvalue weighted by Gasteiger charge is -2.16. The van der Waals surface area contributed by atoms with Crippen molar-refractivity contribution in [2.75, 3.05) is 19.4 Å². The molecule has 1 aromatic carbocycles. The summed E-state index contributed by atoms with van der Waals surface area (Å²) in [6.45, 7) is 2.46. The lowest BCUT2D eigenvalue weighted by Crippen LogP contribution is -2.21. The summed E-state index contributed by atoms with van der Waals surface area (Å²) in [5.74, 6) is 0.695. The molecule has 5 heteroatoms. The van der Waals surface area contributed by atoms with Crippen LogP contribution in [0.3, 0.4) is 0 Å². The van der Waals surface area contributed by atoms with Gasteiger partial charge in [-0.25, -0.2) is 4.98 Å². The molecule has 0 unspecified atom stereocenters. The van der Waals surface area contributed by atoms with E-state index in [2.05, 4.69) is 15.3 Å². The summed E-state index contributed by atoms with van der Waals surface area (Å²) in [7, 11) is 3.90. The topological polar surface area (TPSA) is 61.0 Å². The van der Waals surface area contributed by atoms with Gasteiger partial charge in [-0.2, -0.15) is 0 Å². The first kappa shape index (κ1) is 15.2. The van der Waals surface area contributed by atoms with Crippen LogP contribution < -0.4 is 10.7 Å². The minimum absolute atomic E-state index is 0.0124. The fraction of sp³-hybridized carbons (Fsp3) is 0.222. The van der Waals surface area contributed by atoms with E-state index in [-0.39, 0.29) is 5.43 Å². The van der Waals surface area contributed by atoms with E-state index in [0.717, 1.165) is 11.4 Å². The average molecular weight is 308 g/mol. The zero-order valence-electron chi connectivity index (χ0n) is 13.6. The molecule has 118 valence electrons. The fourth-order valence-corrected chi connectivity index (χ4v) is 2.54. The summed E-state index contributed by atoms with van der Waals surface area (Å²) < 4.78 is 0. The smallest absolute Gasteiger partial charge is 0.197 e. The number of H-pyrrole nitrogens is 1. The predicted molar refractivity (Wildman–Crippen MR) is 94.2 cm³/mol. The molecule has 0 radical (unpaired) electrons. The fourth-order valence-electron chi connectivity index (χ4n) is 2.54. The Kier molecular flexibility index (Phi) is 4.12. The molecule has 2 N–H and O–H groups in total. The van der Waals surface area contributed by atoms with Gasteiger partial charge in [-0.05, 0) is 45.3 Å². The molecular weight excluding hydrogens is 288 g/mol. The minimum Gasteiger partial charge on any atom is -0.341 e. The number of aromatic nitrogens is 2. The second-order valence-corrected chi connectivity index (χ2v) is 5.89. The maximum atomic E-state index is 12.9. The van der Waals surface area contributed by atoms with E-state index in [9.17, 15) is 4.79 Å². The highest BCUT2D eigenvalue weighted by Crippen LogP contribution is 2.20. The quantitative estimate of drug-likeness (QED) is 0.778. The summed E-state index contributed by atoms with van der Waals surface area (Å²) in [6.07, 6.45) is 0. The van der Waals surface area contributed by atoms with Gasteiger partial charge in [0, 0.05) is 17.9 Å². The lowest BCUT2D eigenvalue weighted by molar-refractivity contribution is 0.402. The molecule has 3 aromatic rings. The third-order valence-corrected chi connectivity index (χ3v) is 3.62. The average Bonchev–Trinajstić information content (AvgIpc) is 2.51. The van der Waals surface area contributed by atoms with E-state index >= 15 is 0 Å². The van der Waals surface area contributed by atoms with Crippen molar-refractivity contribution in [2.24, 2.45) is 0 Å². The highest BCUT2D eigenvalue weighted by atomic mass is 16.1. The standard InChI is InChI=1S/C18H20N4O/c1-12-9-10-14-16(23)15(11-22(2)3)18(21-17(14)19-12)20-13-7-5-4-6-8-13/h4-10H,11H2,1-3H3,(H2,19,20,21,23). The van der Waals surface area contributed by atoms with E-state index in [4.69, 9.17) is 0 Å². The van der Waals surface area contributed by atoms with Crippen molar-refractivity contribution in [3.05, 3.63) is 63.9 Å². The Bertz CT molecular complexity index is 885. The summed E-state index contributed by atoms with van der Waals surface area (Å²) in [4.78, 5) is 22.6. The first-order chi connectivity index (χ1) is 11.0. The Morgan fingerprint density at radius 1 is 1.13 bits per heavy atom. The zero-order valence-corrected chi connectivity index (χ0v) is 13.6. The molecule has 0 aliphatic rings. The number of nitrogens with zero attached hydrogens (tertiary/aromatic N) is 2. The number of aryl methyl sites for hydroxylation is 1. The maximum Gasteiger partial charge on any atom is 0.197 e. The molecule has 2 aromatic heterocycles. The molecule has 2 heterocycles. The Morgan fingerprint density at radius 3 is 2.57 bits per heavy atom. The van der Waals surface area contributed by atoms with E-state index in [0.29, 0.717) is 29.0 Å². The Hall–Kier alpha value is -2.66. The van der Waals surface area contributed by atoms with Gasteiger partial charge >= 0.3 is 0 Å². The first-order valence-electron chi connectivity index (χ1n) is 7.54. The highest BCUT2D eigenvalue weighted by molar-refractivity contribution is 5.79. The number of para-hydroxylation sites is 1. The van der Waals surface area contributed by atoms with Crippen molar-refractivity contribution >= 4 is 22.5 Å². The summed E-state index contributed by atoms with van der Waals surface area (Å²) >= 11 is 0. The van der Waals surface area contributed by atoms with Crippen LogP contribution in [0.15, 0.2) is 47.3 Å². The normalized spacial score (nSPS) is 11.1. The molecule has 0 aliphatic heterocycles. The van der Waals surface area contributed by atoms with Crippen LogP contribution >= 0.6 is 0 Å². The molecule has 0 aliphatic carbocycles. The van der Waals surface area contributed by atoms with Crippen molar-refractivity contribution < 1.29 is 0 Å². The molecule has 0 amide bonds.